The Kier molecular flexibility index (Phi) is 4.78. The molecule has 3 aromatic rings. The van der Waals surface area contributed by atoms with Crippen molar-refractivity contribution in [3.8, 4) is 11.5 Å². The van der Waals surface area contributed by atoms with Crippen LogP contribution >= 0.6 is 23.2 Å². The van der Waals surface area contributed by atoms with Crippen LogP contribution in [-0.2, 0) is 0 Å². The van der Waals surface area contributed by atoms with Gasteiger partial charge >= 0.3 is 0 Å². The van der Waals surface area contributed by atoms with Gasteiger partial charge in [-0.1, -0.05) is 29.3 Å². The second-order valence-corrected chi connectivity index (χ2v) is 6.76. The van der Waals surface area contributed by atoms with Crippen LogP contribution in [0.3, 0.4) is 0 Å². The van der Waals surface area contributed by atoms with Crippen LogP contribution in [0.5, 0.6) is 11.5 Å². The molecule has 0 radical (unpaired) electrons. The second-order valence-electron chi connectivity index (χ2n) is 5.94. The number of hydrogen-bond acceptors (Lipinski definition) is 4. The Morgan fingerprint density at radius 3 is 2.23 bits per heavy atom. The normalized spacial score (nSPS) is 16.1. The molecule has 1 atom stereocenters. The average molecular weight is 384 g/mol. The molecule has 0 bridgehead atoms. The van der Waals surface area contributed by atoms with Gasteiger partial charge in [0.05, 0.1) is 11.8 Å². The van der Waals surface area contributed by atoms with Gasteiger partial charge in [0.1, 0.15) is 16.7 Å². The predicted octanol–water partition coefficient (Wildman–Crippen LogP) is 5.62. The minimum Gasteiger partial charge on any atom is -0.457 e. The fraction of sp³-hybridized carbons (Fsp3) is 0.100. The smallest absolute Gasteiger partial charge is 0.129 e. The van der Waals surface area contributed by atoms with Crippen molar-refractivity contribution in [1.29, 1.82) is 0 Å². The molecule has 0 saturated carbocycles. The van der Waals surface area contributed by atoms with E-state index in [-0.39, 0.29) is 6.04 Å². The molecule has 4 rings (SSSR count). The number of nitrogens with one attached hydrogen (secondary N) is 1. The molecule has 1 aromatic heterocycles. The zero-order chi connectivity index (χ0) is 17.9. The Balaban J connectivity index is 1.42. The number of hydrogen-bond donors (Lipinski definition) is 1. The number of pyridine rings is 1. The molecule has 1 aliphatic rings. The van der Waals surface area contributed by atoms with Crippen LogP contribution in [0.15, 0.2) is 72.0 Å². The van der Waals surface area contributed by atoms with Crippen LogP contribution in [0.25, 0.3) is 0 Å². The molecule has 2 heterocycles. The third-order valence-electron chi connectivity index (χ3n) is 4.14. The topological polar surface area (TPSA) is 46.5 Å². The maximum absolute atomic E-state index is 5.89. The van der Waals surface area contributed by atoms with Gasteiger partial charge in [-0.3, -0.25) is 0 Å². The molecule has 0 aliphatic carbocycles. The first-order valence-electron chi connectivity index (χ1n) is 8.15. The van der Waals surface area contributed by atoms with Gasteiger partial charge in [0, 0.05) is 17.6 Å². The minimum atomic E-state index is 0.111. The van der Waals surface area contributed by atoms with Gasteiger partial charge in [0.25, 0.3) is 0 Å². The number of nitrogens with zero attached hydrogens (tertiary/aromatic N) is 2. The Morgan fingerprint density at radius 1 is 0.885 bits per heavy atom. The lowest BCUT2D eigenvalue weighted by Gasteiger charge is -2.09. The van der Waals surface area contributed by atoms with Crippen LogP contribution in [0, 0.1) is 0 Å². The van der Waals surface area contributed by atoms with Crippen LogP contribution in [0.4, 0.5) is 0 Å². The molecule has 1 unspecified atom stereocenters. The molecule has 6 heteroatoms. The van der Waals surface area contributed by atoms with Gasteiger partial charge in [-0.25, -0.2) is 4.98 Å². The zero-order valence-corrected chi connectivity index (χ0v) is 15.2. The first-order valence-corrected chi connectivity index (χ1v) is 8.90. The van der Waals surface area contributed by atoms with Crippen molar-refractivity contribution >= 4 is 28.9 Å². The Morgan fingerprint density at radius 2 is 1.58 bits per heavy atom. The molecule has 0 amide bonds. The SMILES string of the molecule is Clc1ccc(Oc2ccc(C3=NNC(c4ccc(Cl)nc4)C3)cc2)cc1. The molecule has 130 valence electrons. The second kappa shape index (κ2) is 7.36. The van der Waals surface area contributed by atoms with Crippen molar-refractivity contribution in [2.24, 2.45) is 5.10 Å². The van der Waals surface area contributed by atoms with E-state index in [0.29, 0.717) is 10.2 Å². The van der Waals surface area contributed by atoms with Crippen LogP contribution in [-0.4, -0.2) is 10.7 Å². The van der Waals surface area contributed by atoms with Gasteiger partial charge in [-0.05, 0) is 65.7 Å². The van der Waals surface area contributed by atoms with E-state index in [1.54, 1.807) is 24.4 Å². The maximum Gasteiger partial charge on any atom is 0.129 e. The number of hydrazone groups is 1. The highest BCUT2D eigenvalue weighted by molar-refractivity contribution is 6.30. The molecule has 1 aliphatic heterocycles. The molecule has 0 spiro atoms. The average Bonchev–Trinajstić information content (AvgIpc) is 3.15. The summed E-state index contributed by atoms with van der Waals surface area (Å²) < 4.78 is 5.82. The van der Waals surface area contributed by atoms with E-state index in [9.17, 15) is 0 Å². The predicted molar refractivity (Wildman–Crippen MR) is 104 cm³/mol. The summed E-state index contributed by atoms with van der Waals surface area (Å²) in [5.74, 6) is 1.51. The van der Waals surface area contributed by atoms with Crippen molar-refractivity contribution in [2.45, 2.75) is 12.5 Å². The van der Waals surface area contributed by atoms with Gasteiger partial charge in [0.2, 0.25) is 0 Å². The standard InChI is InChI=1S/C20H15Cl2N3O/c21-15-4-8-17(9-5-15)26-16-6-1-13(2-7-16)18-11-19(25-24-18)14-3-10-20(22)23-12-14/h1-10,12,19,25H,11H2. The number of aromatic nitrogens is 1. The summed E-state index contributed by atoms with van der Waals surface area (Å²) in [5.41, 5.74) is 6.29. The molecular formula is C20H15Cl2N3O. The van der Waals surface area contributed by atoms with Crippen molar-refractivity contribution in [3.63, 3.8) is 0 Å². The maximum atomic E-state index is 5.89. The van der Waals surface area contributed by atoms with Crippen molar-refractivity contribution < 1.29 is 4.74 Å². The Bertz CT molecular complexity index is 923. The summed E-state index contributed by atoms with van der Waals surface area (Å²) in [5, 5.41) is 5.64. The van der Waals surface area contributed by atoms with E-state index in [1.165, 1.54) is 0 Å². The highest BCUT2D eigenvalue weighted by Gasteiger charge is 2.21. The molecule has 2 aromatic carbocycles. The lowest BCUT2D eigenvalue weighted by atomic mass is 10.0. The lowest BCUT2D eigenvalue weighted by Crippen LogP contribution is -2.10. The largest absolute Gasteiger partial charge is 0.457 e. The van der Waals surface area contributed by atoms with E-state index >= 15 is 0 Å². The van der Waals surface area contributed by atoms with E-state index in [4.69, 9.17) is 27.9 Å². The first kappa shape index (κ1) is 16.9. The highest BCUT2D eigenvalue weighted by Crippen LogP contribution is 2.27. The molecule has 1 N–H and O–H groups in total. The Labute approximate surface area is 161 Å². The molecule has 26 heavy (non-hydrogen) atoms. The lowest BCUT2D eigenvalue weighted by molar-refractivity contribution is 0.482. The van der Waals surface area contributed by atoms with E-state index in [1.807, 2.05) is 42.5 Å². The monoisotopic (exact) mass is 383 g/mol. The summed E-state index contributed by atoms with van der Waals surface area (Å²) in [6, 6.07) is 19.0. The quantitative estimate of drug-likeness (QED) is 0.594. The van der Waals surface area contributed by atoms with Gasteiger partial charge in [0.15, 0.2) is 0 Å². The minimum absolute atomic E-state index is 0.111. The van der Waals surface area contributed by atoms with E-state index < -0.39 is 0 Å². The molecular weight excluding hydrogens is 369 g/mol. The fourth-order valence-electron chi connectivity index (χ4n) is 2.76. The molecule has 4 nitrogen and oxygen atoms in total. The van der Waals surface area contributed by atoms with E-state index in [0.717, 1.165) is 34.8 Å². The fourth-order valence-corrected chi connectivity index (χ4v) is 3.00. The summed E-state index contributed by atoms with van der Waals surface area (Å²) >= 11 is 11.7. The number of halogens is 2. The first-order chi connectivity index (χ1) is 12.7. The number of benzene rings is 2. The molecule has 0 fully saturated rings. The van der Waals surface area contributed by atoms with Crippen molar-refractivity contribution in [1.82, 2.24) is 10.4 Å². The van der Waals surface area contributed by atoms with Gasteiger partial charge in [-0.2, -0.15) is 5.10 Å². The van der Waals surface area contributed by atoms with Crippen molar-refractivity contribution in [2.75, 3.05) is 0 Å². The molecule has 0 saturated heterocycles. The summed E-state index contributed by atoms with van der Waals surface area (Å²) in [4.78, 5) is 4.13. The van der Waals surface area contributed by atoms with Crippen LogP contribution in [0.2, 0.25) is 10.2 Å². The summed E-state index contributed by atoms with van der Waals surface area (Å²) in [7, 11) is 0. The summed E-state index contributed by atoms with van der Waals surface area (Å²) in [6.07, 6.45) is 2.57. The Hall–Kier alpha value is -2.56. The summed E-state index contributed by atoms with van der Waals surface area (Å²) in [6.45, 7) is 0. The van der Waals surface area contributed by atoms with E-state index in [2.05, 4.69) is 15.5 Å². The van der Waals surface area contributed by atoms with Crippen LogP contribution < -0.4 is 10.2 Å². The number of rotatable bonds is 4. The van der Waals surface area contributed by atoms with Gasteiger partial charge in [-0.15, -0.1) is 0 Å². The zero-order valence-electron chi connectivity index (χ0n) is 13.7. The third kappa shape index (κ3) is 3.82. The van der Waals surface area contributed by atoms with Crippen LogP contribution in [0.1, 0.15) is 23.6 Å². The highest BCUT2D eigenvalue weighted by atomic mass is 35.5. The van der Waals surface area contributed by atoms with Crippen molar-refractivity contribution in [3.05, 3.63) is 88.2 Å². The third-order valence-corrected chi connectivity index (χ3v) is 4.62. The van der Waals surface area contributed by atoms with Gasteiger partial charge < -0.3 is 10.2 Å². The number of ether oxygens (including phenoxy) is 1.